The molecule has 2 aliphatic heterocycles. The predicted molar refractivity (Wildman–Crippen MR) is 104 cm³/mol. The van der Waals surface area contributed by atoms with Crippen molar-refractivity contribution in [1.82, 2.24) is 9.80 Å². The Bertz CT molecular complexity index is 743. The lowest BCUT2D eigenvalue weighted by Crippen LogP contribution is -2.56. The number of carbonyl (C=O) groups is 2. The molecule has 1 saturated carbocycles. The van der Waals surface area contributed by atoms with Crippen LogP contribution in [0, 0.1) is 19.3 Å². The third-order valence-corrected chi connectivity index (χ3v) is 6.60. The van der Waals surface area contributed by atoms with Crippen LogP contribution in [0.3, 0.4) is 0 Å². The van der Waals surface area contributed by atoms with Crippen LogP contribution in [-0.4, -0.2) is 53.9 Å². The van der Waals surface area contributed by atoms with Gasteiger partial charge in [-0.25, -0.2) is 0 Å². The van der Waals surface area contributed by atoms with Crippen molar-refractivity contribution in [3.8, 4) is 5.75 Å². The molecule has 1 aliphatic carbocycles. The number of hydrogen-bond donors (Lipinski definition) is 0. The van der Waals surface area contributed by atoms with E-state index < -0.39 is 0 Å². The number of carbonyl (C=O) groups excluding carboxylic acids is 2. The monoisotopic (exact) mass is 370 g/mol. The largest absolute Gasteiger partial charge is 0.483 e. The molecule has 0 N–H and O–H groups in total. The van der Waals surface area contributed by atoms with Crippen molar-refractivity contribution < 1.29 is 14.3 Å². The molecular formula is C22H30N2O3. The summed E-state index contributed by atoms with van der Waals surface area (Å²) in [6, 6.07) is 6.40. The van der Waals surface area contributed by atoms with E-state index >= 15 is 0 Å². The van der Waals surface area contributed by atoms with Crippen molar-refractivity contribution in [2.45, 2.75) is 58.4 Å². The van der Waals surface area contributed by atoms with Gasteiger partial charge in [0.25, 0.3) is 5.91 Å². The van der Waals surface area contributed by atoms with Gasteiger partial charge in [0.2, 0.25) is 5.91 Å². The molecule has 0 aromatic heterocycles. The summed E-state index contributed by atoms with van der Waals surface area (Å²) in [5.74, 6) is 1.16. The number of benzene rings is 1. The third kappa shape index (κ3) is 3.83. The molecule has 1 spiro atoms. The lowest BCUT2D eigenvalue weighted by molar-refractivity contribution is -0.144. The molecule has 4 rings (SSSR count). The predicted octanol–water partition coefficient (Wildman–Crippen LogP) is 3.08. The minimum atomic E-state index is 0.0600. The highest BCUT2D eigenvalue weighted by Gasteiger charge is 2.46. The number of nitrogens with zero attached hydrogens (tertiary/aromatic N) is 2. The molecule has 1 aromatic rings. The van der Waals surface area contributed by atoms with Crippen LogP contribution < -0.4 is 4.74 Å². The molecule has 5 nitrogen and oxygen atoms in total. The minimum Gasteiger partial charge on any atom is -0.483 e. The normalized spacial score (nSPS) is 25.8. The Labute approximate surface area is 161 Å². The van der Waals surface area contributed by atoms with Crippen molar-refractivity contribution in [3.05, 3.63) is 29.3 Å². The van der Waals surface area contributed by atoms with Crippen LogP contribution in [0.4, 0.5) is 0 Å². The quantitative estimate of drug-likeness (QED) is 0.818. The van der Waals surface area contributed by atoms with E-state index in [9.17, 15) is 9.59 Å². The van der Waals surface area contributed by atoms with Crippen LogP contribution in [0.1, 0.15) is 49.7 Å². The first-order valence-corrected chi connectivity index (χ1v) is 10.2. The maximum atomic E-state index is 12.8. The number of amides is 2. The summed E-state index contributed by atoms with van der Waals surface area (Å²) in [5.41, 5.74) is 2.35. The van der Waals surface area contributed by atoms with Gasteiger partial charge in [0, 0.05) is 37.5 Å². The van der Waals surface area contributed by atoms with Crippen molar-refractivity contribution in [2.75, 3.05) is 26.2 Å². The van der Waals surface area contributed by atoms with Crippen LogP contribution in [0.2, 0.25) is 0 Å². The molecule has 5 heteroatoms. The molecule has 2 saturated heterocycles. The van der Waals surface area contributed by atoms with E-state index in [0.29, 0.717) is 18.4 Å². The van der Waals surface area contributed by atoms with Crippen molar-refractivity contribution in [3.63, 3.8) is 0 Å². The number of ether oxygens (including phenoxy) is 1. The van der Waals surface area contributed by atoms with E-state index in [1.54, 1.807) is 0 Å². The fourth-order valence-electron chi connectivity index (χ4n) is 4.63. The smallest absolute Gasteiger partial charge is 0.260 e. The number of rotatable bonds is 4. The zero-order valence-corrected chi connectivity index (χ0v) is 16.5. The lowest BCUT2D eigenvalue weighted by atomic mass is 9.73. The van der Waals surface area contributed by atoms with Gasteiger partial charge < -0.3 is 14.5 Å². The van der Waals surface area contributed by atoms with Crippen LogP contribution in [-0.2, 0) is 9.59 Å². The van der Waals surface area contributed by atoms with Crippen LogP contribution >= 0.6 is 0 Å². The molecule has 146 valence electrons. The van der Waals surface area contributed by atoms with E-state index in [1.807, 2.05) is 36.9 Å². The topological polar surface area (TPSA) is 49.9 Å². The van der Waals surface area contributed by atoms with E-state index in [0.717, 1.165) is 63.1 Å². The molecule has 0 bridgehead atoms. The average molecular weight is 370 g/mol. The van der Waals surface area contributed by atoms with Gasteiger partial charge in [0.15, 0.2) is 6.61 Å². The SMILES string of the molecule is Cc1cccc(OCC(=O)N2CCC[C@]3(CCC(=O)N(C4CC4)C3)C2)c1C. The van der Waals surface area contributed by atoms with Crippen molar-refractivity contribution in [2.24, 2.45) is 5.41 Å². The fraction of sp³-hybridized carbons (Fsp3) is 0.636. The molecule has 2 heterocycles. The molecule has 3 aliphatic rings. The zero-order chi connectivity index (χ0) is 19.0. The first kappa shape index (κ1) is 18.3. The number of piperidine rings is 2. The first-order valence-electron chi connectivity index (χ1n) is 10.2. The second-order valence-corrected chi connectivity index (χ2v) is 8.66. The standard InChI is InChI=1S/C22H30N2O3/c1-16-5-3-6-19(17(16)2)27-13-21(26)23-12-4-10-22(14-23)11-9-20(25)24(15-22)18-7-8-18/h3,5-6,18H,4,7-15H2,1-2H3/t22-/m0/s1. The summed E-state index contributed by atoms with van der Waals surface area (Å²) in [6.45, 7) is 6.56. The maximum Gasteiger partial charge on any atom is 0.260 e. The summed E-state index contributed by atoms with van der Waals surface area (Å²) >= 11 is 0. The Balaban J connectivity index is 1.38. The van der Waals surface area contributed by atoms with Crippen LogP contribution in [0.25, 0.3) is 0 Å². The Kier molecular flexibility index (Phi) is 4.87. The number of aryl methyl sites for hydroxylation is 1. The Morgan fingerprint density at radius 3 is 2.81 bits per heavy atom. The second-order valence-electron chi connectivity index (χ2n) is 8.66. The van der Waals surface area contributed by atoms with Gasteiger partial charge in [0.05, 0.1) is 0 Å². The molecule has 1 aromatic carbocycles. The van der Waals surface area contributed by atoms with Gasteiger partial charge in [-0.3, -0.25) is 9.59 Å². The van der Waals surface area contributed by atoms with Gasteiger partial charge in [0.1, 0.15) is 5.75 Å². The summed E-state index contributed by atoms with van der Waals surface area (Å²) in [6.07, 6.45) is 5.98. The van der Waals surface area contributed by atoms with Gasteiger partial charge in [-0.05, 0) is 63.1 Å². The zero-order valence-electron chi connectivity index (χ0n) is 16.5. The van der Waals surface area contributed by atoms with Crippen LogP contribution in [0.5, 0.6) is 5.75 Å². The summed E-state index contributed by atoms with van der Waals surface area (Å²) in [7, 11) is 0. The average Bonchev–Trinajstić information content (AvgIpc) is 3.50. The highest BCUT2D eigenvalue weighted by molar-refractivity contribution is 5.79. The van der Waals surface area contributed by atoms with Crippen molar-refractivity contribution >= 4 is 11.8 Å². The molecule has 3 fully saturated rings. The highest BCUT2D eigenvalue weighted by Crippen LogP contribution is 2.42. The number of hydrogen-bond acceptors (Lipinski definition) is 3. The molecular weight excluding hydrogens is 340 g/mol. The lowest BCUT2D eigenvalue weighted by Gasteiger charge is -2.48. The molecule has 0 radical (unpaired) electrons. The second kappa shape index (κ2) is 7.17. The van der Waals surface area contributed by atoms with E-state index in [2.05, 4.69) is 4.90 Å². The molecule has 0 unspecified atom stereocenters. The fourth-order valence-corrected chi connectivity index (χ4v) is 4.63. The van der Waals surface area contributed by atoms with Gasteiger partial charge >= 0.3 is 0 Å². The molecule has 1 atom stereocenters. The van der Waals surface area contributed by atoms with E-state index in [-0.39, 0.29) is 17.9 Å². The van der Waals surface area contributed by atoms with Gasteiger partial charge in [-0.1, -0.05) is 12.1 Å². The Hall–Kier alpha value is -2.04. The Morgan fingerprint density at radius 2 is 2.04 bits per heavy atom. The highest BCUT2D eigenvalue weighted by atomic mass is 16.5. The third-order valence-electron chi connectivity index (χ3n) is 6.60. The van der Waals surface area contributed by atoms with Gasteiger partial charge in [-0.2, -0.15) is 0 Å². The summed E-state index contributed by atoms with van der Waals surface area (Å²) in [4.78, 5) is 29.1. The molecule has 2 amide bonds. The van der Waals surface area contributed by atoms with Crippen LogP contribution in [0.15, 0.2) is 18.2 Å². The summed E-state index contributed by atoms with van der Waals surface area (Å²) < 4.78 is 5.84. The molecule has 27 heavy (non-hydrogen) atoms. The minimum absolute atomic E-state index is 0.0600. The number of likely N-dealkylation sites (tertiary alicyclic amines) is 2. The summed E-state index contributed by atoms with van der Waals surface area (Å²) in [5, 5.41) is 0. The van der Waals surface area contributed by atoms with Crippen molar-refractivity contribution in [1.29, 1.82) is 0 Å². The Morgan fingerprint density at radius 1 is 1.22 bits per heavy atom. The first-order chi connectivity index (χ1) is 13.0. The van der Waals surface area contributed by atoms with Gasteiger partial charge in [-0.15, -0.1) is 0 Å². The van der Waals surface area contributed by atoms with E-state index in [1.165, 1.54) is 5.56 Å². The van der Waals surface area contributed by atoms with E-state index in [4.69, 9.17) is 4.74 Å². The maximum absolute atomic E-state index is 12.8.